The predicted molar refractivity (Wildman–Crippen MR) is 129 cm³/mol. The molecule has 0 radical (unpaired) electrons. The molecule has 0 bridgehead atoms. The summed E-state index contributed by atoms with van der Waals surface area (Å²) in [6.45, 7) is 8.07. The maximum Gasteiger partial charge on any atom is 0.227 e. The molecule has 0 saturated heterocycles. The van der Waals surface area contributed by atoms with Crippen LogP contribution in [0.1, 0.15) is 25.1 Å². The van der Waals surface area contributed by atoms with Crippen LogP contribution >= 0.6 is 0 Å². The van der Waals surface area contributed by atoms with E-state index in [-0.39, 0.29) is 18.5 Å². The highest BCUT2D eigenvalue weighted by Crippen LogP contribution is 2.31. The van der Waals surface area contributed by atoms with Crippen molar-refractivity contribution in [2.75, 3.05) is 33.4 Å². The first kappa shape index (κ1) is 25.8. The van der Waals surface area contributed by atoms with E-state index in [1.54, 1.807) is 23.9 Å². The quantitative estimate of drug-likeness (QED) is 0.400. The second kappa shape index (κ2) is 12.6. The van der Waals surface area contributed by atoms with Crippen LogP contribution in [0.5, 0.6) is 11.6 Å². The zero-order valence-corrected chi connectivity index (χ0v) is 20.3. The average Bonchev–Trinajstić information content (AvgIpc) is 3.13. The van der Waals surface area contributed by atoms with E-state index in [2.05, 4.69) is 4.90 Å². The maximum atomic E-state index is 13.5. The third-order valence-corrected chi connectivity index (χ3v) is 5.25. The number of hydrogen-bond acceptors (Lipinski definition) is 6. The fourth-order valence-electron chi connectivity index (χ4n) is 3.52. The van der Waals surface area contributed by atoms with E-state index < -0.39 is 6.10 Å². The highest BCUT2D eigenvalue weighted by molar-refractivity contribution is 5.43. The van der Waals surface area contributed by atoms with Crippen LogP contribution in [0.4, 0.5) is 4.39 Å². The Bertz CT molecular complexity index is 1010. The van der Waals surface area contributed by atoms with Gasteiger partial charge in [-0.2, -0.15) is 5.10 Å². The first-order valence-corrected chi connectivity index (χ1v) is 11.5. The molecule has 0 spiro atoms. The summed E-state index contributed by atoms with van der Waals surface area (Å²) in [6.07, 6.45) is -0.602. The Balaban J connectivity index is 1.92. The van der Waals surface area contributed by atoms with Crippen molar-refractivity contribution in [3.8, 4) is 17.3 Å². The van der Waals surface area contributed by atoms with E-state index in [0.29, 0.717) is 37.9 Å². The number of aromatic nitrogens is 2. The number of aliphatic hydroxyl groups is 1. The molecule has 0 aliphatic carbocycles. The van der Waals surface area contributed by atoms with Gasteiger partial charge in [-0.25, -0.2) is 9.07 Å². The van der Waals surface area contributed by atoms with Gasteiger partial charge in [0.25, 0.3) is 0 Å². The number of aryl methyl sites for hydroxylation is 1. The molecule has 34 heavy (non-hydrogen) atoms. The standard InChI is InChI=1S/C26H34FN3O4/c1-19(2)33-18-23(31)16-29(14-15-32-4)17-25-20(3)28-30(22-8-6-5-7-9-22)26(25)34-24-12-10-21(27)11-13-24/h5-13,19,23,31H,14-18H2,1-4H3/t23-/m1/s1. The minimum absolute atomic E-state index is 0.0455. The van der Waals surface area contributed by atoms with Gasteiger partial charge < -0.3 is 19.3 Å². The Morgan fingerprint density at radius 1 is 1.09 bits per heavy atom. The molecule has 1 atom stereocenters. The number of aliphatic hydroxyl groups excluding tert-OH is 1. The van der Waals surface area contributed by atoms with Gasteiger partial charge in [-0.3, -0.25) is 4.90 Å². The Labute approximate surface area is 200 Å². The summed E-state index contributed by atoms with van der Waals surface area (Å²) < 4.78 is 32.3. The summed E-state index contributed by atoms with van der Waals surface area (Å²) in [5, 5.41) is 15.3. The summed E-state index contributed by atoms with van der Waals surface area (Å²) >= 11 is 0. The molecular formula is C26H34FN3O4. The summed E-state index contributed by atoms with van der Waals surface area (Å²) in [5.74, 6) is 0.725. The highest BCUT2D eigenvalue weighted by atomic mass is 19.1. The lowest BCUT2D eigenvalue weighted by molar-refractivity contribution is -0.0122. The molecule has 3 aromatic rings. The summed E-state index contributed by atoms with van der Waals surface area (Å²) in [4.78, 5) is 2.09. The van der Waals surface area contributed by atoms with Crippen LogP contribution in [-0.4, -0.2) is 65.4 Å². The third kappa shape index (κ3) is 7.36. The van der Waals surface area contributed by atoms with Crippen LogP contribution in [-0.2, 0) is 16.0 Å². The summed E-state index contributed by atoms with van der Waals surface area (Å²) in [7, 11) is 1.65. The number of para-hydroxylation sites is 1. The van der Waals surface area contributed by atoms with Crippen molar-refractivity contribution in [1.82, 2.24) is 14.7 Å². The predicted octanol–water partition coefficient (Wildman–Crippen LogP) is 4.35. The summed E-state index contributed by atoms with van der Waals surface area (Å²) in [6, 6.07) is 15.6. The van der Waals surface area contributed by atoms with Gasteiger partial charge in [0.05, 0.1) is 42.4 Å². The lowest BCUT2D eigenvalue weighted by Gasteiger charge is -2.25. The van der Waals surface area contributed by atoms with Crippen LogP contribution < -0.4 is 4.74 Å². The topological polar surface area (TPSA) is 69.0 Å². The molecule has 3 rings (SSSR count). The van der Waals surface area contributed by atoms with Gasteiger partial charge in [0, 0.05) is 26.7 Å². The number of ether oxygens (including phenoxy) is 3. The molecule has 7 nitrogen and oxygen atoms in total. The van der Waals surface area contributed by atoms with E-state index >= 15 is 0 Å². The minimum Gasteiger partial charge on any atom is -0.439 e. The van der Waals surface area contributed by atoms with Crippen molar-refractivity contribution in [2.45, 2.75) is 39.5 Å². The van der Waals surface area contributed by atoms with Crippen molar-refractivity contribution in [1.29, 1.82) is 0 Å². The van der Waals surface area contributed by atoms with Crippen molar-refractivity contribution in [3.05, 3.63) is 71.7 Å². The van der Waals surface area contributed by atoms with Gasteiger partial charge in [0.2, 0.25) is 5.88 Å². The van der Waals surface area contributed by atoms with Crippen LogP contribution in [0, 0.1) is 12.7 Å². The Morgan fingerprint density at radius 2 is 1.79 bits per heavy atom. The molecule has 1 N–H and O–H groups in total. The van der Waals surface area contributed by atoms with E-state index in [1.165, 1.54) is 12.1 Å². The zero-order valence-electron chi connectivity index (χ0n) is 20.3. The van der Waals surface area contributed by atoms with E-state index in [9.17, 15) is 9.50 Å². The van der Waals surface area contributed by atoms with Gasteiger partial charge in [0.1, 0.15) is 11.6 Å². The Kier molecular flexibility index (Phi) is 9.59. The minimum atomic E-state index is -0.648. The van der Waals surface area contributed by atoms with Gasteiger partial charge in [-0.1, -0.05) is 18.2 Å². The zero-order chi connectivity index (χ0) is 24.5. The molecule has 0 saturated carbocycles. The highest BCUT2D eigenvalue weighted by Gasteiger charge is 2.23. The molecule has 1 aromatic heterocycles. The summed E-state index contributed by atoms with van der Waals surface area (Å²) in [5.41, 5.74) is 2.53. The maximum absolute atomic E-state index is 13.5. The van der Waals surface area contributed by atoms with Gasteiger partial charge in [-0.15, -0.1) is 0 Å². The molecule has 184 valence electrons. The molecule has 2 aromatic carbocycles. The number of benzene rings is 2. The number of halogens is 1. The molecule has 0 aliphatic rings. The number of nitrogens with zero attached hydrogens (tertiary/aromatic N) is 3. The number of hydrogen-bond donors (Lipinski definition) is 1. The number of methoxy groups -OCH3 is 1. The molecule has 0 unspecified atom stereocenters. The average molecular weight is 472 g/mol. The molecule has 0 aliphatic heterocycles. The third-order valence-electron chi connectivity index (χ3n) is 5.25. The lowest BCUT2D eigenvalue weighted by atomic mass is 10.2. The SMILES string of the molecule is COCCN(Cc1c(C)nn(-c2ccccc2)c1Oc1ccc(F)cc1)C[C@@H](O)COC(C)C. The van der Waals surface area contributed by atoms with Crippen LogP contribution in [0.25, 0.3) is 5.69 Å². The Hall–Kier alpha value is -2.78. The normalized spacial score (nSPS) is 12.5. The fourth-order valence-corrected chi connectivity index (χ4v) is 3.52. The van der Waals surface area contributed by atoms with Crippen molar-refractivity contribution >= 4 is 0 Å². The van der Waals surface area contributed by atoms with Crippen LogP contribution in [0.15, 0.2) is 54.6 Å². The molecule has 1 heterocycles. The van der Waals surface area contributed by atoms with Crippen molar-refractivity contribution < 1.29 is 23.7 Å². The molecule has 8 heteroatoms. The van der Waals surface area contributed by atoms with Gasteiger partial charge in [-0.05, 0) is 57.2 Å². The van der Waals surface area contributed by atoms with Crippen LogP contribution in [0.3, 0.4) is 0 Å². The van der Waals surface area contributed by atoms with E-state index in [0.717, 1.165) is 16.9 Å². The first-order chi connectivity index (χ1) is 16.4. The second-order valence-electron chi connectivity index (χ2n) is 8.44. The van der Waals surface area contributed by atoms with Crippen molar-refractivity contribution in [3.63, 3.8) is 0 Å². The van der Waals surface area contributed by atoms with Crippen LogP contribution in [0.2, 0.25) is 0 Å². The fraction of sp³-hybridized carbons (Fsp3) is 0.423. The van der Waals surface area contributed by atoms with E-state index in [4.69, 9.17) is 19.3 Å². The monoisotopic (exact) mass is 471 g/mol. The van der Waals surface area contributed by atoms with E-state index in [1.807, 2.05) is 51.1 Å². The van der Waals surface area contributed by atoms with Gasteiger partial charge >= 0.3 is 0 Å². The molecule has 0 amide bonds. The molecule has 0 fully saturated rings. The number of rotatable bonds is 13. The largest absolute Gasteiger partial charge is 0.439 e. The first-order valence-electron chi connectivity index (χ1n) is 11.5. The molecular weight excluding hydrogens is 437 g/mol. The smallest absolute Gasteiger partial charge is 0.227 e. The van der Waals surface area contributed by atoms with Gasteiger partial charge in [0.15, 0.2) is 0 Å². The lowest BCUT2D eigenvalue weighted by Crippen LogP contribution is -2.37. The van der Waals surface area contributed by atoms with Crippen molar-refractivity contribution in [2.24, 2.45) is 0 Å². The Morgan fingerprint density at radius 3 is 2.44 bits per heavy atom. The second-order valence-corrected chi connectivity index (χ2v) is 8.44.